The SMILES string of the molecule is CCCCCCNC(=O)C1CC(=O)N(C2CCCC2)C1. The Kier molecular flexibility index (Phi) is 5.86. The van der Waals surface area contributed by atoms with Crippen molar-refractivity contribution in [2.24, 2.45) is 5.92 Å². The van der Waals surface area contributed by atoms with Crippen LogP contribution in [0.5, 0.6) is 0 Å². The lowest BCUT2D eigenvalue weighted by Crippen LogP contribution is -2.37. The Balaban J connectivity index is 1.70. The van der Waals surface area contributed by atoms with Gasteiger partial charge in [0.2, 0.25) is 11.8 Å². The van der Waals surface area contributed by atoms with E-state index >= 15 is 0 Å². The molecule has 20 heavy (non-hydrogen) atoms. The Morgan fingerprint density at radius 3 is 2.70 bits per heavy atom. The molecule has 2 fully saturated rings. The highest BCUT2D eigenvalue weighted by molar-refractivity contribution is 5.89. The third-order valence-electron chi connectivity index (χ3n) is 4.62. The summed E-state index contributed by atoms with van der Waals surface area (Å²) in [6, 6.07) is 0.407. The molecule has 0 aromatic rings. The van der Waals surface area contributed by atoms with Crippen LogP contribution in [0.3, 0.4) is 0 Å². The van der Waals surface area contributed by atoms with E-state index < -0.39 is 0 Å². The second-order valence-electron chi connectivity index (χ2n) is 6.24. The first-order valence-corrected chi connectivity index (χ1v) is 8.29. The maximum absolute atomic E-state index is 12.1. The molecular weight excluding hydrogens is 252 g/mol. The lowest BCUT2D eigenvalue weighted by Gasteiger charge is -2.23. The molecule has 1 heterocycles. The molecule has 1 unspecified atom stereocenters. The average molecular weight is 280 g/mol. The largest absolute Gasteiger partial charge is 0.356 e. The first-order valence-electron chi connectivity index (χ1n) is 8.29. The molecule has 2 aliphatic rings. The molecule has 1 saturated heterocycles. The molecule has 2 rings (SSSR count). The molecule has 1 aliphatic carbocycles. The normalized spacial score (nSPS) is 23.6. The summed E-state index contributed by atoms with van der Waals surface area (Å²) in [5.41, 5.74) is 0. The number of unbranched alkanes of at least 4 members (excludes halogenated alkanes) is 3. The van der Waals surface area contributed by atoms with Crippen LogP contribution in [-0.4, -0.2) is 35.8 Å². The van der Waals surface area contributed by atoms with Crippen molar-refractivity contribution in [3.05, 3.63) is 0 Å². The summed E-state index contributed by atoms with van der Waals surface area (Å²) in [4.78, 5) is 26.1. The van der Waals surface area contributed by atoms with Crippen molar-refractivity contribution in [3.8, 4) is 0 Å². The van der Waals surface area contributed by atoms with Gasteiger partial charge in [0, 0.05) is 25.6 Å². The predicted octanol–water partition coefficient (Wildman–Crippen LogP) is 2.47. The summed E-state index contributed by atoms with van der Waals surface area (Å²) in [6.45, 7) is 3.58. The molecule has 0 aromatic carbocycles. The van der Waals surface area contributed by atoms with Crippen LogP contribution in [0.4, 0.5) is 0 Å². The van der Waals surface area contributed by atoms with E-state index in [4.69, 9.17) is 0 Å². The van der Waals surface area contributed by atoms with Gasteiger partial charge in [-0.3, -0.25) is 9.59 Å². The van der Waals surface area contributed by atoms with Crippen LogP contribution in [0.1, 0.15) is 64.7 Å². The fraction of sp³-hybridized carbons (Fsp3) is 0.875. The average Bonchev–Trinajstić information content (AvgIpc) is 3.07. The summed E-state index contributed by atoms with van der Waals surface area (Å²) < 4.78 is 0. The van der Waals surface area contributed by atoms with E-state index in [0.29, 0.717) is 19.0 Å². The quantitative estimate of drug-likeness (QED) is 0.728. The van der Waals surface area contributed by atoms with Gasteiger partial charge in [-0.05, 0) is 19.3 Å². The molecule has 0 spiro atoms. The molecule has 4 nitrogen and oxygen atoms in total. The third-order valence-corrected chi connectivity index (χ3v) is 4.62. The second-order valence-corrected chi connectivity index (χ2v) is 6.24. The predicted molar refractivity (Wildman–Crippen MR) is 79.2 cm³/mol. The number of carbonyl (C=O) groups is 2. The van der Waals surface area contributed by atoms with E-state index in [1.807, 2.05) is 4.90 Å². The van der Waals surface area contributed by atoms with Crippen molar-refractivity contribution in [1.29, 1.82) is 0 Å². The first kappa shape index (κ1) is 15.3. The molecule has 114 valence electrons. The number of hydrogen-bond acceptors (Lipinski definition) is 2. The number of rotatable bonds is 7. The smallest absolute Gasteiger partial charge is 0.225 e. The summed E-state index contributed by atoms with van der Waals surface area (Å²) >= 11 is 0. The van der Waals surface area contributed by atoms with Crippen molar-refractivity contribution < 1.29 is 9.59 Å². The fourth-order valence-electron chi connectivity index (χ4n) is 3.38. The van der Waals surface area contributed by atoms with Crippen LogP contribution in [0, 0.1) is 5.92 Å². The van der Waals surface area contributed by atoms with E-state index in [0.717, 1.165) is 25.8 Å². The van der Waals surface area contributed by atoms with Gasteiger partial charge in [0.05, 0.1) is 5.92 Å². The van der Waals surface area contributed by atoms with Crippen molar-refractivity contribution in [2.75, 3.05) is 13.1 Å². The maximum atomic E-state index is 12.1. The van der Waals surface area contributed by atoms with Gasteiger partial charge in [-0.1, -0.05) is 39.0 Å². The zero-order chi connectivity index (χ0) is 14.4. The lowest BCUT2D eigenvalue weighted by atomic mass is 10.1. The van der Waals surface area contributed by atoms with Crippen LogP contribution in [0.15, 0.2) is 0 Å². The van der Waals surface area contributed by atoms with E-state index in [1.165, 1.54) is 32.1 Å². The minimum absolute atomic E-state index is 0.0790. The Morgan fingerprint density at radius 2 is 2.00 bits per heavy atom. The van der Waals surface area contributed by atoms with Crippen molar-refractivity contribution in [1.82, 2.24) is 10.2 Å². The Morgan fingerprint density at radius 1 is 1.25 bits per heavy atom. The summed E-state index contributed by atoms with van der Waals surface area (Å²) in [5.74, 6) is 0.146. The monoisotopic (exact) mass is 280 g/mol. The zero-order valence-electron chi connectivity index (χ0n) is 12.7. The second kappa shape index (κ2) is 7.65. The topological polar surface area (TPSA) is 49.4 Å². The summed E-state index contributed by atoms with van der Waals surface area (Å²) in [5, 5.41) is 3.00. The molecule has 1 saturated carbocycles. The number of amides is 2. The van der Waals surface area contributed by atoms with Crippen LogP contribution in [0.25, 0.3) is 0 Å². The number of carbonyl (C=O) groups excluding carboxylic acids is 2. The molecule has 0 radical (unpaired) electrons. The van der Waals surface area contributed by atoms with Gasteiger partial charge in [0.25, 0.3) is 0 Å². The van der Waals surface area contributed by atoms with Gasteiger partial charge in [-0.2, -0.15) is 0 Å². The molecule has 0 bridgehead atoms. The minimum Gasteiger partial charge on any atom is -0.356 e. The third kappa shape index (κ3) is 3.97. The highest BCUT2D eigenvalue weighted by atomic mass is 16.2. The van der Waals surface area contributed by atoms with E-state index in [-0.39, 0.29) is 17.7 Å². The molecule has 1 aliphatic heterocycles. The Hall–Kier alpha value is -1.06. The standard InChI is InChI=1S/C16H28N2O2/c1-2-3-4-7-10-17-16(20)13-11-15(19)18(12-13)14-8-5-6-9-14/h13-14H,2-12H2,1H3,(H,17,20). The summed E-state index contributed by atoms with van der Waals surface area (Å²) in [6.07, 6.45) is 9.77. The van der Waals surface area contributed by atoms with E-state index in [9.17, 15) is 9.59 Å². The number of nitrogens with zero attached hydrogens (tertiary/aromatic N) is 1. The molecule has 1 N–H and O–H groups in total. The van der Waals surface area contributed by atoms with Crippen LogP contribution < -0.4 is 5.32 Å². The number of nitrogens with one attached hydrogen (secondary N) is 1. The van der Waals surface area contributed by atoms with Crippen molar-refractivity contribution in [3.63, 3.8) is 0 Å². The highest BCUT2D eigenvalue weighted by Crippen LogP contribution is 2.29. The van der Waals surface area contributed by atoms with Crippen molar-refractivity contribution in [2.45, 2.75) is 70.8 Å². The van der Waals surface area contributed by atoms with E-state index in [2.05, 4.69) is 12.2 Å². The lowest BCUT2D eigenvalue weighted by molar-refractivity contribution is -0.130. The number of likely N-dealkylation sites (tertiary alicyclic amines) is 1. The van der Waals surface area contributed by atoms with E-state index in [1.54, 1.807) is 0 Å². The summed E-state index contributed by atoms with van der Waals surface area (Å²) in [7, 11) is 0. The minimum atomic E-state index is -0.116. The Labute approximate surface area is 122 Å². The molecule has 4 heteroatoms. The fourth-order valence-corrected chi connectivity index (χ4v) is 3.38. The van der Waals surface area contributed by atoms with Gasteiger partial charge in [-0.15, -0.1) is 0 Å². The number of hydrogen-bond donors (Lipinski definition) is 1. The first-order chi connectivity index (χ1) is 9.72. The maximum Gasteiger partial charge on any atom is 0.225 e. The molecular formula is C16H28N2O2. The zero-order valence-corrected chi connectivity index (χ0v) is 12.7. The van der Waals surface area contributed by atoms with Crippen LogP contribution in [0.2, 0.25) is 0 Å². The van der Waals surface area contributed by atoms with Crippen LogP contribution in [-0.2, 0) is 9.59 Å². The highest BCUT2D eigenvalue weighted by Gasteiger charge is 2.38. The molecule has 1 atom stereocenters. The van der Waals surface area contributed by atoms with Gasteiger partial charge in [-0.25, -0.2) is 0 Å². The van der Waals surface area contributed by atoms with Gasteiger partial charge >= 0.3 is 0 Å². The van der Waals surface area contributed by atoms with Crippen LogP contribution >= 0.6 is 0 Å². The van der Waals surface area contributed by atoms with Gasteiger partial charge in [0.1, 0.15) is 0 Å². The molecule has 2 amide bonds. The van der Waals surface area contributed by atoms with Gasteiger partial charge in [0.15, 0.2) is 0 Å². The Bertz CT molecular complexity index is 337. The van der Waals surface area contributed by atoms with Gasteiger partial charge < -0.3 is 10.2 Å². The molecule has 0 aromatic heterocycles. The van der Waals surface area contributed by atoms with Crippen molar-refractivity contribution >= 4 is 11.8 Å².